The standard InChI is InChI=1S/C28H30FN5O2/c1-20(35)21-6-10-25(11-7-21)32-15-17-33(18-16-32)28(36)23-3-2-14-34(19-23)27-13-12-26(30-31-27)22-4-8-24(29)9-5-22/h4-13,23H,2-3,14-19H2,1H3. The number of aromatic nitrogens is 2. The molecule has 36 heavy (non-hydrogen) atoms. The lowest BCUT2D eigenvalue weighted by molar-refractivity contribution is -0.136. The minimum Gasteiger partial charge on any atom is -0.368 e. The first kappa shape index (κ1) is 23.9. The van der Waals surface area contributed by atoms with Crippen LogP contribution in [0.1, 0.15) is 30.1 Å². The van der Waals surface area contributed by atoms with Crippen LogP contribution in [-0.2, 0) is 4.79 Å². The van der Waals surface area contributed by atoms with Crippen LogP contribution in [-0.4, -0.2) is 66.1 Å². The molecule has 0 saturated carbocycles. The number of benzene rings is 2. The Morgan fingerprint density at radius 2 is 1.56 bits per heavy atom. The van der Waals surface area contributed by atoms with Crippen molar-refractivity contribution in [2.75, 3.05) is 49.1 Å². The number of anilines is 2. The zero-order valence-electron chi connectivity index (χ0n) is 20.4. The fourth-order valence-corrected chi connectivity index (χ4v) is 5.01. The molecule has 8 heteroatoms. The first-order valence-corrected chi connectivity index (χ1v) is 12.5. The Bertz CT molecular complexity index is 1210. The molecular weight excluding hydrogens is 457 g/mol. The molecule has 3 heterocycles. The van der Waals surface area contributed by atoms with Crippen LogP contribution in [0.4, 0.5) is 15.9 Å². The Balaban J connectivity index is 1.17. The molecule has 0 N–H and O–H groups in total. The number of halogens is 1. The van der Waals surface area contributed by atoms with Crippen LogP contribution >= 0.6 is 0 Å². The van der Waals surface area contributed by atoms with Gasteiger partial charge in [0.1, 0.15) is 5.82 Å². The van der Waals surface area contributed by atoms with Crippen molar-refractivity contribution in [1.29, 1.82) is 0 Å². The second-order valence-electron chi connectivity index (χ2n) is 9.48. The van der Waals surface area contributed by atoms with Crippen molar-refractivity contribution in [3.05, 3.63) is 72.0 Å². The molecule has 0 bridgehead atoms. The summed E-state index contributed by atoms with van der Waals surface area (Å²) >= 11 is 0. The third kappa shape index (κ3) is 5.22. The van der Waals surface area contributed by atoms with Gasteiger partial charge in [0.15, 0.2) is 11.6 Å². The first-order chi connectivity index (χ1) is 17.5. The van der Waals surface area contributed by atoms with Gasteiger partial charge in [0.05, 0.1) is 11.6 Å². The molecule has 1 amide bonds. The van der Waals surface area contributed by atoms with E-state index in [2.05, 4.69) is 20.0 Å². The van der Waals surface area contributed by atoms with Crippen molar-refractivity contribution in [1.82, 2.24) is 15.1 Å². The van der Waals surface area contributed by atoms with Crippen LogP contribution in [0.25, 0.3) is 11.3 Å². The first-order valence-electron chi connectivity index (χ1n) is 12.5. The summed E-state index contributed by atoms with van der Waals surface area (Å²) in [4.78, 5) is 31.2. The number of Topliss-reactive ketones (excluding diaryl/α,β-unsaturated/α-hetero) is 1. The van der Waals surface area contributed by atoms with Gasteiger partial charge in [-0.15, -0.1) is 10.2 Å². The van der Waals surface area contributed by atoms with Gasteiger partial charge < -0.3 is 14.7 Å². The number of nitrogens with zero attached hydrogens (tertiary/aromatic N) is 5. The lowest BCUT2D eigenvalue weighted by atomic mass is 9.96. The summed E-state index contributed by atoms with van der Waals surface area (Å²) in [6.45, 7) is 5.98. The summed E-state index contributed by atoms with van der Waals surface area (Å²) in [7, 11) is 0. The van der Waals surface area contributed by atoms with Crippen molar-refractivity contribution < 1.29 is 14.0 Å². The highest BCUT2D eigenvalue weighted by molar-refractivity contribution is 5.94. The zero-order chi connectivity index (χ0) is 25.1. The van der Waals surface area contributed by atoms with Crippen LogP contribution in [0.5, 0.6) is 0 Å². The van der Waals surface area contributed by atoms with Crippen LogP contribution in [0.15, 0.2) is 60.7 Å². The predicted molar refractivity (Wildman–Crippen MR) is 138 cm³/mol. The highest BCUT2D eigenvalue weighted by Crippen LogP contribution is 2.26. The van der Waals surface area contributed by atoms with Crippen molar-refractivity contribution in [2.45, 2.75) is 19.8 Å². The highest BCUT2D eigenvalue weighted by Gasteiger charge is 2.31. The van der Waals surface area contributed by atoms with E-state index >= 15 is 0 Å². The van der Waals surface area contributed by atoms with Gasteiger partial charge in [0.25, 0.3) is 0 Å². The van der Waals surface area contributed by atoms with Gasteiger partial charge in [0.2, 0.25) is 5.91 Å². The van der Waals surface area contributed by atoms with Crippen LogP contribution in [0.2, 0.25) is 0 Å². The Labute approximate surface area is 210 Å². The van der Waals surface area contributed by atoms with Crippen molar-refractivity contribution in [3.8, 4) is 11.3 Å². The molecule has 2 aliphatic rings. The lowest BCUT2D eigenvalue weighted by Crippen LogP contribution is -2.52. The molecule has 1 atom stereocenters. The molecule has 2 fully saturated rings. The number of hydrogen-bond acceptors (Lipinski definition) is 6. The summed E-state index contributed by atoms with van der Waals surface area (Å²) in [6.07, 6.45) is 1.81. The third-order valence-electron chi connectivity index (χ3n) is 7.12. The zero-order valence-corrected chi connectivity index (χ0v) is 20.4. The van der Waals surface area contributed by atoms with Crippen LogP contribution < -0.4 is 9.80 Å². The van der Waals surface area contributed by atoms with Crippen LogP contribution in [0, 0.1) is 11.7 Å². The minimum absolute atomic E-state index is 0.0567. The number of ketones is 1. The van der Waals surface area contributed by atoms with E-state index < -0.39 is 0 Å². The lowest BCUT2D eigenvalue weighted by Gasteiger charge is -2.40. The van der Waals surface area contributed by atoms with Gasteiger partial charge in [-0.05, 0) is 80.4 Å². The summed E-state index contributed by atoms with van der Waals surface area (Å²) in [5.41, 5.74) is 3.30. The normalized spacial score (nSPS) is 18.3. The maximum Gasteiger partial charge on any atom is 0.227 e. The fraction of sp³-hybridized carbons (Fsp3) is 0.357. The SMILES string of the molecule is CC(=O)c1ccc(N2CCN(C(=O)C3CCCN(c4ccc(-c5ccc(F)cc5)nn4)C3)CC2)cc1. The average molecular weight is 488 g/mol. The number of carbonyl (C=O) groups excluding carboxylic acids is 2. The molecule has 0 radical (unpaired) electrons. The molecular formula is C28H30FN5O2. The molecule has 5 rings (SSSR count). The average Bonchev–Trinajstić information content (AvgIpc) is 2.93. The van der Waals surface area contributed by atoms with E-state index in [1.54, 1.807) is 19.1 Å². The van der Waals surface area contributed by atoms with Crippen molar-refractivity contribution in [3.63, 3.8) is 0 Å². The number of piperazine rings is 1. The van der Waals surface area contributed by atoms with E-state index in [4.69, 9.17) is 0 Å². The number of hydrogen-bond donors (Lipinski definition) is 0. The monoisotopic (exact) mass is 487 g/mol. The molecule has 2 aliphatic heterocycles. The van der Waals surface area contributed by atoms with Gasteiger partial charge in [-0.3, -0.25) is 9.59 Å². The van der Waals surface area contributed by atoms with E-state index in [9.17, 15) is 14.0 Å². The maximum atomic E-state index is 13.3. The van der Waals surface area contributed by atoms with Gasteiger partial charge in [-0.25, -0.2) is 4.39 Å². The number of piperidine rings is 1. The van der Waals surface area contributed by atoms with Gasteiger partial charge in [-0.2, -0.15) is 0 Å². The largest absolute Gasteiger partial charge is 0.368 e. The van der Waals surface area contributed by atoms with Crippen LogP contribution in [0.3, 0.4) is 0 Å². The Kier molecular flexibility index (Phi) is 6.93. The summed E-state index contributed by atoms with van der Waals surface area (Å²) in [5, 5.41) is 8.73. The predicted octanol–water partition coefficient (Wildman–Crippen LogP) is 4.05. The molecule has 7 nitrogen and oxygen atoms in total. The molecule has 186 valence electrons. The topological polar surface area (TPSA) is 69.6 Å². The van der Waals surface area contributed by atoms with Gasteiger partial charge in [0, 0.05) is 56.1 Å². The Morgan fingerprint density at radius 3 is 2.19 bits per heavy atom. The Hall–Kier alpha value is -3.81. The highest BCUT2D eigenvalue weighted by atomic mass is 19.1. The fourth-order valence-electron chi connectivity index (χ4n) is 5.01. The summed E-state index contributed by atoms with van der Waals surface area (Å²) in [6, 6.07) is 17.7. The molecule has 2 saturated heterocycles. The molecule has 0 aliphatic carbocycles. The van der Waals surface area contributed by atoms with E-state index in [1.165, 1.54) is 12.1 Å². The second kappa shape index (κ2) is 10.4. The molecule has 2 aromatic carbocycles. The smallest absolute Gasteiger partial charge is 0.227 e. The van der Waals surface area contributed by atoms with Gasteiger partial charge >= 0.3 is 0 Å². The number of amides is 1. The molecule has 3 aromatic rings. The Morgan fingerprint density at radius 1 is 0.833 bits per heavy atom. The quantitative estimate of drug-likeness (QED) is 0.506. The summed E-state index contributed by atoms with van der Waals surface area (Å²) < 4.78 is 13.2. The van der Waals surface area contributed by atoms with Crippen molar-refractivity contribution >= 4 is 23.2 Å². The van der Waals surface area contributed by atoms with E-state index in [0.717, 1.165) is 49.5 Å². The third-order valence-corrected chi connectivity index (χ3v) is 7.12. The summed E-state index contributed by atoms with van der Waals surface area (Å²) in [5.74, 6) is 0.698. The number of rotatable bonds is 5. The second-order valence-corrected chi connectivity index (χ2v) is 9.48. The minimum atomic E-state index is -0.280. The van der Waals surface area contributed by atoms with E-state index in [1.807, 2.05) is 41.3 Å². The molecule has 0 spiro atoms. The molecule has 1 unspecified atom stereocenters. The molecule has 1 aromatic heterocycles. The van der Waals surface area contributed by atoms with E-state index in [-0.39, 0.29) is 23.4 Å². The van der Waals surface area contributed by atoms with Crippen molar-refractivity contribution in [2.24, 2.45) is 5.92 Å². The maximum absolute atomic E-state index is 13.3. The van der Waals surface area contributed by atoms with E-state index in [0.29, 0.717) is 30.9 Å². The van der Waals surface area contributed by atoms with Gasteiger partial charge in [-0.1, -0.05) is 0 Å². The number of carbonyl (C=O) groups is 2.